The van der Waals surface area contributed by atoms with E-state index in [0.717, 1.165) is 42.3 Å². The topological polar surface area (TPSA) is 47.3 Å². The van der Waals surface area contributed by atoms with Gasteiger partial charge in [-0.1, -0.05) is 13.0 Å². The van der Waals surface area contributed by atoms with Gasteiger partial charge in [0.05, 0.1) is 17.1 Å². The molecule has 2 heterocycles. The van der Waals surface area contributed by atoms with E-state index in [1.165, 1.54) is 6.42 Å². The molecule has 4 nitrogen and oxygen atoms in total. The van der Waals surface area contributed by atoms with Gasteiger partial charge in [-0.2, -0.15) is 5.10 Å². The first-order valence-corrected chi connectivity index (χ1v) is 6.61. The quantitative estimate of drug-likeness (QED) is 0.886. The number of phenols is 1. The third kappa shape index (κ3) is 1.77. The summed E-state index contributed by atoms with van der Waals surface area (Å²) in [5.74, 6) is 0.358. The van der Waals surface area contributed by atoms with Crippen LogP contribution in [0.1, 0.15) is 38.0 Å². The van der Waals surface area contributed by atoms with Crippen molar-refractivity contribution in [3.8, 4) is 5.75 Å². The van der Waals surface area contributed by atoms with Crippen LogP contribution in [0.5, 0.6) is 5.75 Å². The van der Waals surface area contributed by atoms with E-state index in [1.54, 1.807) is 6.20 Å². The fourth-order valence-electron chi connectivity index (χ4n) is 2.58. The number of ether oxygens (including phenoxy) is 1. The predicted molar refractivity (Wildman–Crippen MR) is 69.6 cm³/mol. The third-order valence-corrected chi connectivity index (χ3v) is 3.65. The Labute approximate surface area is 106 Å². The van der Waals surface area contributed by atoms with E-state index >= 15 is 0 Å². The Bertz CT molecular complexity index is 556. The largest absolute Gasteiger partial charge is 0.507 e. The van der Waals surface area contributed by atoms with E-state index in [4.69, 9.17) is 4.74 Å². The predicted octanol–water partition coefficient (Wildman–Crippen LogP) is 3.00. The van der Waals surface area contributed by atoms with Crippen molar-refractivity contribution in [3.63, 3.8) is 0 Å². The van der Waals surface area contributed by atoms with Crippen LogP contribution >= 0.6 is 0 Å². The maximum Gasteiger partial charge on any atom is 0.150 e. The molecular weight excluding hydrogens is 228 g/mol. The first-order chi connectivity index (χ1) is 8.81. The highest BCUT2D eigenvalue weighted by atomic mass is 16.5. The van der Waals surface area contributed by atoms with Crippen molar-refractivity contribution < 1.29 is 9.84 Å². The molecule has 4 heteroatoms. The maximum absolute atomic E-state index is 10.2. The van der Waals surface area contributed by atoms with Crippen molar-refractivity contribution in [2.75, 3.05) is 6.61 Å². The molecule has 0 saturated carbocycles. The molecule has 3 rings (SSSR count). The molecule has 1 aliphatic rings. The lowest BCUT2D eigenvalue weighted by molar-refractivity contribution is -0.0366. The van der Waals surface area contributed by atoms with Gasteiger partial charge in [-0.25, -0.2) is 4.68 Å². The minimum atomic E-state index is 0.0168. The minimum Gasteiger partial charge on any atom is -0.507 e. The van der Waals surface area contributed by atoms with Crippen molar-refractivity contribution in [2.24, 2.45) is 0 Å². The van der Waals surface area contributed by atoms with Crippen LogP contribution in [0.2, 0.25) is 0 Å². The van der Waals surface area contributed by atoms with Gasteiger partial charge in [0.25, 0.3) is 0 Å². The Morgan fingerprint density at radius 1 is 1.44 bits per heavy atom. The zero-order chi connectivity index (χ0) is 12.5. The van der Waals surface area contributed by atoms with Gasteiger partial charge in [0.15, 0.2) is 6.23 Å². The van der Waals surface area contributed by atoms with Crippen LogP contribution in [0, 0.1) is 0 Å². The van der Waals surface area contributed by atoms with Gasteiger partial charge in [-0.05, 0) is 37.3 Å². The summed E-state index contributed by atoms with van der Waals surface area (Å²) in [5.41, 5.74) is 1.92. The highest BCUT2D eigenvalue weighted by Crippen LogP contribution is 2.32. The molecule has 1 unspecified atom stereocenters. The monoisotopic (exact) mass is 246 g/mol. The van der Waals surface area contributed by atoms with Crippen LogP contribution in [-0.4, -0.2) is 21.5 Å². The molecule has 1 aromatic carbocycles. The molecule has 1 aromatic heterocycles. The first-order valence-electron chi connectivity index (χ1n) is 6.61. The normalized spacial score (nSPS) is 20.4. The van der Waals surface area contributed by atoms with E-state index in [9.17, 15) is 5.11 Å². The van der Waals surface area contributed by atoms with Crippen LogP contribution in [0.15, 0.2) is 18.3 Å². The Balaban J connectivity index is 2.06. The van der Waals surface area contributed by atoms with Gasteiger partial charge in [-0.15, -0.1) is 0 Å². The summed E-state index contributed by atoms with van der Waals surface area (Å²) in [6, 6.07) is 4.00. The lowest BCUT2D eigenvalue weighted by atomic mass is 10.1. The summed E-state index contributed by atoms with van der Waals surface area (Å²) in [5, 5.41) is 15.4. The highest BCUT2D eigenvalue weighted by molar-refractivity contribution is 5.86. The molecule has 0 radical (unpaired) electrons. The molecule has 1 N–H and O–H groups in total. The number of aromatic nitrogens is 2. The summed E-state index contributed by atoms with van der Waals surface area (Å²) in [6.45, 7) is 2.83. The third-order valence-electron chi connectivity index (χ3n) is 3.65. The van der Waals surface area contributed by atoms with Crippen LogP contribution in [-0.2, 0) is 11.2 Å². The number of fused-ring (bicyclic) bond motifs is 1. The zero-order valence-electron chi connectivity index (χ0n) is 10.6. The van der Waals surface area contributed by atoms with Gasteiger partial charge in [0.1, 0.15) is 5.75 Å². The van der Waals surface area contributed by atoms with Crippen molar-refractivity contribution >= 4 is 10.9 Å². The van der Waals surface area contributed by atoms with E-state index < -0.39 is 0 Å². The minimum absolute atomic E-state index is 0.0168. The van der Waals surface area contributed by atoms with Gasteiger partial charge in [-0.3, -0.25) is 0 Å². The molecule has 18 heavy (non-hydrogen) atoms. The number of rotatable bonds is 2. The Morgan fingerprint density at radius 3 is 3.06 bits per heavy atom. The van der Waals surface area contributed by atoms with E-state index in [0.29, 0.717) is 5.75 Å². The number of hydrogen-bond acceptors (Lipinski definition) is 3. The smallest absolute Gasteiger partial charge is 0.150 e. The standard InChI is InChI=1S/C14H18N2O2/c1-2-10-6-7-12-11(14(10)17)9-15-16(12)13-5-3-4-8-18-13/h6-7,9,13,17H,2-5,8H2,1H3. The molecule has 96 valence electrons. The SMILES string of the molecule is CCc1ccc2c(cnn2C2CCCCO2)c1O. The lowest BCUT2D eigenvalue weighted by Gasteiger charge is -2.23. The summed E-state index contributed by atoms with van der Waals surface area (Å²) in [6.07, 6.45) is 5.87. The second-order valence-electron chi connectivity index (χ2n) is 4.77. The van der Waals surface area contributed by atoms with Crippen LogP contribution in [0.3, 0.4) is 0 Å². The molecule has 0 aliphatic carbocycles. The molecule has 2 aromatic rings. The lowest BCUT2D eigenvalue weighted by Crippen LogP contribution is -2.18. The first kappa shape index (κ1) is 11.5. The molecule has 0 bridgehead atoms. The Morgan fingerprint density at radius 2 is 2.33 bits per heavy atom. The van der Waals surface area contributed by atoms with Gasteiger partial charge in [0, 0.05) is 6.61 Å². The van der Waals surface area contributed by atoms with E-state index in [-0.39, 0.29) is 6.23 Å². The number of benzene rings is 1. The summed E-state index contributed by atoms with van der Waals surface area (Å²) in [7, 11) is 0. The fraction of sp³-hybridized carbons (Fsp3) is 0.500. The number of aromatic hydroxyl groups is 1. The molecular formula is C14H18N2O2. The Hall–Kier alpha value is -1.55. The number of aryl methyl sites for hydroxylation is 1. The zero-order valence-corrected chi connectivity index (χ0v) is 10.6. The Kier molecular flexibility index (Phi) is 2.96. The molecule has 1 fully saturated rings. The molecule has 0 amide bonds. The van der Waals surface area contributed by atoms with Crippen molar-refractivity contribution in [2.45, 2.75) is 38.8 Å². The molecule has 1 aliphatic heterocycles. The molecule has 0 spiro atoms. The van der Waals surface area contributed by atoms with Crippen molar-refractivity contribution in [3.05, 3.63) is 23.9 Å². The average molecular weight is 246 g/mol. The summed E-state index contributed by atoms with van der Waals surface area (Å²) in [4.78, 5) is 0. The average Bonchev–Trinajstić information content (AvgIpc) is 2.85. The molecule has 1 saturated heterocycles. The van der Waals surface area contributed by atoms with Gasteiger partial charge in [0.2, 0.25) is 0 Å². The summed E-state index contributed by atoms with van der Waals surface area (Å²) >= 11 is 0. The maximum atomic E-state index is 10.2. The summed E-state index contributed by atoms with van der Waals surface area (Å²) < 4.78 is 7.64. The number of phenolic OH excluding ortho intramolecular Hbond substituents is 1. The van der Waals surface area contributed by atoms with Crippen LogP contribution < -0.4 is 0 Å². The van der Waals surface area contributed by atoms with E-state index in [2.05, 4.69) is 5.10 Å². The number of nitrogens with zero attached hydrogens (tertiary/aromatic N) is 2. The second kappa shape index (κ2) is 4.61. The van der Waals surface area contributed by atoms with Crippen LogP contribution in [0.4, 0.5) is 0 Å². The number of hydrogen-bond donors (Lipinski definition) is 1. The van der Waals surface area contributed by atoms with Gasteiger partial charge >= 0.3 is 0 Å². The molecule has 1 atom stereocenters. The van der Waals surface area contributed by atoms with Crippen LogP contribution in [0.25, 0.3) is 10.9 Å². The van der Waals surface area contributed by atoms with Crippen molar-refractivity contribution in [1.82, 2.24) is 9.78 Å². The van der Waals surface area contributed by atoms with Gasteiger partial charge < -0.3 is 9.84 Å². The fourth-order valence-corrected chi connectivity index (χ4v) is 2.58. The second-order valence-corrected chi connectivity index (χ2v) is 4.77. The van der Waals surface area contributed by atoms with Crippen molar-refractivity contribution in [1.29, 1.82) is 0 Å². The van der Waals surface area contributed by atoms with E-state index in [1.807, 2.05) is 23.7 Å². The highest BCUT2D eigenvalue weighted by Gasteiger charge is 2.19.